The zero-order chi connectivity index (χ0) is 13.2. The van der Waals surface area contributed by atoms with Crippen LogP contribution in [0, 0.1) is 6.92 Å². The van der Waals surface area contributed by atoms with Gasteiger partial charge < -0.3 is 14.6 Å². The maximum absolute atomic E-state index is 11.7. The molecule has 0 radical (unpaired) electrons. The predicted octanol–water partition coefficient (Wildman–Crippen LogP) is 3.01. The van der Waals surface area contributed by atoms with Crippen LogP contribution in [0.15, 0.2) is 40.0 Å². The highest BCUT2D eigenvalue weighted by Gasteiger charge is 2.28. The number of thiophene rings is 1. The van der Waals surface area contributed by atoms with Crippen molar-refractivity contribution in [2.45, 2.75) is 6.92 Å². The third-order valence-electron chi connectivity index (χ3n) is 2.61. The van der Waals surface area contributed by atoms with Crippen molar-refractivity contribution >= 4 is 23.4 Å². The quantitative estimate of drug-likeness (QED) is 0.937. The number of hydrogen-bond acceptors (Lipinski definition) is 4. The van der Waals surface area contributed by atoms with E-state index in [2.05, 4.69) is 5.32 Å². The lowest BCUT2D eigenvalue weighted by Gasteiger charge is -2.14. The number of rotatable bonds is 3. The molecule has 0 aromatic carbocycles. The van der Waals surface area contributed by atoms with Crippen molar-refractivity contribution in [3.63, 3.8) is 0 Å². The Balaban J connectivity index is 1.83. The fourth-order valence-corrected chi connectivity index (χ4v) is 2.47. The molecule has 1 fully saturated rings. The molecule has 2 aromatic heterocycles. The van der Waals surface area contributed by atoms with Crippen molar-refractivity contribution < 1.29 is 14.0 Å². The number of hydrogen-bond donors (Lipinski definition) is 1. The van der Waals surface area contributed by atoms with E-state index < -0.39 is 0 Å². The summed E-state index contributed by atoms with van der Waals surface area (Å²) in [7, 11) is 0. The van der Waals surface area contributed by atoms with Crippen LogP contribution in [0.3, 0.4) is 0 Å². The zero-order valence-corrected chi connectivity index (χ0v) is 11.1. The summed E-state index contributed by atoms with van der Waals surface area (Å²) in [6.45, 7) is 2.40. The van der Waals surface area contributed by atoms with E-state index in [-0.39, 0.29) is 6.03 Å². The molecule has 6 heteroatoms. The maximum Gasteiger partial charge on any atom is 0.355 e. The second-order valence-corrected chi connectivity index (χ2v) is 5.01. The van der Waals surface area contributed by atoms with Gasteiger partial charge in [-0.15, -0.1) is 16.4 Å². The summed E-state index contributed by atoms with van der Waals surface area (Å²) in [6.07, 6.45) is 3.36. The molecule has 0 saturated carbocycles. The first-order chi connectivity index (χ1) is 9.22. The molecular formula is C13H12N2O3S. The van der Waals surface area contributed by atoms with Crippen LogP contribution in [0.5, 0.6) is 5.06 Å². The van der Waals surface area contributed by atoms with Crippen LogP contribution >= 0.6 is 11.3 Å². The van der Waals surface area contributed by atoms with E-state index in [0.29, 0.717) is 23.1 Å². The normalized spacial score (nSPS) is 17.0. The summed E-state index contributed by atoms with van der Waals surface area (Å²) in [6, 6.07) is 5.23. The average Bonchev–Trinajstić information content (AvgIpc) is 3.08. The molecule has 3 rings (SSSR count). The number of hydroxylamine groups is 2. The molecule has 3 heterocycles. The number of amides is 2. The Kier molecular flexibility index (Phi) is 3.00. The van der Waals surface area contributed by atoms with E-state index in [1.807, 2.05) is 24.4 Å². The molecule has 19 heavy (non-hydrogen) atoms. The minimum atomic E-state index is -0.274. The van der Waals surface area contributed by atoms with Crippen LogP contribution in [0.2, 0.25) is 0 Å². The van der Waals surface area contributed by atoms with Crippen molar-refractivity contribution in [2.75, 3.05) is 6.54 Å². The molecule has 5 nitrogen and oxygen atoms in total. The second kappa shape index (κ2) is 4.81. The number of furan rings is 1. The van der Waals surface area contributed by atoms with Gasteiger partial charge in [-0.1, -0.05) is 0 Å². The Labute approximate surface area is 114 Å². The fraction of sp³-hybridized carbons (Fsp3) is 0.154. The lowest BCUT2D eigenvalue weighted by molar-refractivity contribution is 0.0387. The van der Waals surface area contributed by atoms with Gasteiger partial charge in [0.15, 0.2) is 0 Å². The Morgan fingerprint density at radius 3 is 3.16 bits per heavy atom. The van der Waals surface area contributed by atoms with Crippen LogP contribution in [0.1, 0.15) is 11.3 Å². The molecule has 0 aliphatic carbocycles. The topological polar surface area (TPSA) is 54.7 Å². The number of nitrogens with one attached hydrogen (secondary N) is 1. The van der Waals surface area contributed by atoms with E-state index in [4.69, 9.17) is 9.25 Å². The first-order valence-electron chi connectivity index (χ1n) is 5.77. The van der Waals surface area contributed by atoms with Crippen LogP contribution < -0.4 is 10.2 Å². The fourth-order valence-electron chi connectivity index (χ4n) is 1.73. The molecule has 2 aromatic rings. The zero-order valence-electron chi connectivity index (χ0n) is 10.3. The number of carbonyl (C=O) groups excluding carboxylic acids is 1. The minimum Gasteiger partial charge on any atom is -0.465 e. The molecule has 1 aliphatic rings. The third kappa shape index (κ3) is 2.48. The van der Waals surface area contributed by atoms with Gasteiger partial charge in [-0.2, -0.15) is 0 Å². The van der Waals surface area contributed by atoms with Crippen molar-refractivity contribution in [3.05, 3.63) is 46.9 Å². The summed E-state index contributed by atoms with van der Waals surface area (Å²) in [5, 5.41) is 6.63. The van der Waals surface area contributed by atoms with E-state index in [0.717, 1.165) is 5.56 Å². The lowest BCUT2D eigenvalue weighted by atomic mass is 10.3. The Morgan fingerprint density at radius 1 is 1.58 bits per heavy atom. The van der Waals surface area contributed by atoms with Gasteiger partial charge in [0.05, 0.1) is 18.5 Å². The molecule has 0 unspecified atom stereocenters. The van der Waals surface area contributed by atoms with Gasteiger partial charge in [-0.3, -0.25) is 0 Å². The minimum absolute atomic E-state index is 0.274. The molecule has 0 atom stereocenters. The van der Waals surface area contributed by atoms with E-state index in [1.54, 1.807) is 18.4 Å². The summed E-state index contributed by atoms with van der Waals surface area (Å²) >= 11 is 1.45. The average molecular weight is 276 g/mol. The van der Waals surface area contributed by atoms with Crippen molar-refractivity contribution in [3.8, 4) is 5.06 Å². The van der Waals surface area contributed by atoms with Gasteiger partial charge in [0.25, 0.3) is 0 Å². The standard InChI is InChI=1S/C13H12N2O3S/c1-9-5-12(19-8-9)18-15-10(7-14-13(15)16)6-11-3-2-4-17-11/h2-6,8H,7H2,1H3,(H,14,16). The van der Waals surface area contributed by atoms with Crippen LogP contribution in [-0.4, -0.2) is 17.6 Å². The summed E-state index contributed by atoms with van der Waals surface area (Å²) in [5.74, 6) is 0.683. The van der Waals surface area contributed by atoms with Gasteiger partial charge in [0, 0.05) is 6.08 Å². The Hall–Kier alpha value is -2.21. The van der Waals surface area contributed by atoms with Gasteiger partial charge in [0.2, 0.25) is 5.06 Å². The Bertz CT molecular complexity index is 616. The first-order valence-corrected chi connectivity index (χ1v) is 6.65. The molecule has 1 aliphatic heterocycles. The predicted molar refractivity (Wildman–Crippen MR) is 71.6 cm³/mol. The van der Waals surface area contributed by atoms with E-state index in [9.17, 15) is 4.79 Å². The largest absolute Gasteiger partial charge is 0.465 e. The van der Waals surface area contributed by atoms with Gasteiger partial charge in [0.1, 0.15) is 5.76 Å². The van der Waals surface area contributed by atoms with Crippen molar-refractivity contribution in [1.82, 2.24) is 10.4 Å². The third-order valence-corrected chi connectivity index (χ3v) is 3.52. The number of urea groups is 1. The molecular weight excluding hydrogens is 264 g/mol. The van der Waals surface area contributed by atoms with Crippen LogP contribution in [0.25, 0.3) is 6.08 Å². The molecule has 98 valence electrons. The van der Waals surface area contributed by atoms with Crippen molar-refractivity contribution in [2.24, 2.45) is 0 Å². The smallest absolute Gasteiger partial charge is 0.355 e. The molecule has 1 saturated heterocycles. The van der Waals surface area contributed by atoms with Gasteiger partial charge in [-0.25, -0.2) is 4.79 Å². The highest BCUT2D eigenvalue weighted by molar-refractivity contribution is 7.12. The maximum atomic E-state index is 11.7. The van der Waals surface area contributed by atoms with Gasteiger partial charge in [-0.05, 0) is 36.1 Å². The summed E-state index contributed by atoms with van der Waals surface area (Å²) in [5.41, 5.74) is 1.82. The molecule has 0 bridgehead atoms. The molecule has 2 amide bonds. The number of aryl methyl sites for hydroxylation is 1. The monoisotopic (exact) mass is 276 g/mol. The SMILES string of the molecule is Cc1csc(ON2C(=O)NCC2=Cc2ccco2)c1. The van der Waals surface area contributed by atoms with E-state index >= 15 is 0 Å². The summed E-state index contributed by atoms with van der Waals surface area (Å²) in [4.78, 5) is 17.3. The van der Waals surface area contributed by atoms with Crippen molar-refractivity contribution in [1.29, 1.82) is 0 Å². The van der Waals surface area contributed by atoms with Crippen LogP contribution in [-0.2, 0) is 0 Å². The second-order valence-electron chi connectivity index (χ2n) is 4.14. The number of carbonyl (C=O) groups is 1. The molecule has 0 spiro atoms. The van der Waals surface area contributed by atoms with E-state index in [1.165, 1.54) is 16.4 Å². The van der Waals surface area contributed by atoms with Gasteiger partial charge >= 0.3 is 6.03 Å². The highest BCUT2D eigenvalue weighted by atomic mass is 32.1. The molecule has 1 N–H and O–H groups in total. The summed E-state index contributed by atoms with van der Waals surface area (Å²) < 4.78 is 5.24. The first kappa shape index (κ1) is 11.9. The van der Waals surface area contributed by atoms with Crippen LogP contribution in [0.4, 0.5) is 4.79 Å². The number of nitrogens with zero attached hydrogens (tertiary/aromatic N) is 1. The lowest BCUT2D eigenvalue weighted by Crippen LogP contribution is -2.30. The Morgan fingerprint density at radius 2 is 2.47 bits per heavy atom. The highest BCUT2D eigenvalue weighted by Crippen LogP contribution is 2.26.